The van der Waals surface area contributed by atoms with E-state index in [2.05, 4.69) is 29.4 Å². The summed E-state index contributed by atoms with van der Waals surface area (Å²) in [6.07, 6.45) is 2.07. The number of fused-ring (bicyclic) bond motifs is 1. The van der Waals surface area contributed by atoms with Crippen molar-refractivity contribution in [3.63, 3.8) is 0 Å². The standard InChI is InChI=1S/C16H14ClNOS/c1-10-16(19-12-5-3-11(17)4-6-12)14-9-13(20-2)7-8-15(14)18-10/h3-9,18H,1-2H3. The number of aryl methyl sites for hydroxylation is 1. The molecular formula is C16H14ClNOS. The van der Waals surface area contributed by atoms with E-state index in [4.69, 9.17) is 16.3 Å². The van der Waals surface area contributed by atoms with Crippen LogP contribution in [0.4, 0.5) is 0 Å². The van der Waals surface area contributed by atoms with Gasteiger partial charge in [0, 0.05) is 20.8 Å². The SMILES string of the molecule is CSc1ccc2[nH]c(C)c(Oc3ccc(Cl)cc3)c2c1. The summed E-state index contributed by atoms with van der Waals surface area (Å²) in [5.74, 6) is 1.66. The minimum atomic E-state index is 0.706. The molecule has 0 aliphatic heterocycles. The number of nitrogens with one attached hydrogen (secondary N) is 1. The molecule has 0 fully saturated rings. The van der Waals surface area contributed by atoms with E-state index >= 15 is 0 Å². The second-order valence-corrected chi connectivity index (χ2v) is 5.86. The predicted molar refractivity (Wildman–Crippen MR) is 86.3 cm³/mol. The summed E-state index contributed by atoms with van der Waals surface area (Å²) < 4.78 is 6.02. The topological polar surface area (TPSA) is 25.0 Å². The number of benzene rings is 2. The van der Waals surface area contributed by atoms with Crippen molar-refractivity contribution >= 4 is 34.3 Å². The highest BCUT2D eigenvalue weighted by Crippen LogP contribution is 2.35. The third-order valence-corrected chi connectivity index (χ3v) is 4.14. The zero-order valence-electron chi connectivity index (χ0n) is 11.2. The Balaban J connectivity index is 2.05. The highest BCUT2D eigenvalue weighted by molar-refractivity contribution is 7.98. The Kier molecular flexibility index (Phi) is 3.64. The molecule has 0 bridgehead atoms. The lowest BCUT2D eigenvalue weighted by molar-refractivity contribution is 0.484. The summed E-state index contributed by atoms with van der Waals surface area (Å²) in [4.78, 5) is 4.57. The van der Waals surface area contributed by atoms with Gasteiger partial charge in [0.2, 0.25) is 0 Å². The van der Waals surface area contributed by atoms with Crippen molar-refractivity contribution in [2.45, 2.75) is 11.8 Å². The van der Waals surface area contributed by atoms with Gasteiger partial charge in [-0.2, -0.15) is 0 Å². The number of thioether (sulfide) groups is 1. The Labute approximate surface area is 127 Å². The highest BCUT2D eigenvalue weighted by Gasteiger charge is 2.11. The first kappa shape index (κ1) is 13.4. The molecule has 102 valence electrons. The molecule has 0 radical (unpaired) electrons. The van der Waals surface area contributed by atoms with Gasteiger partial charge in [0.25, 0.3) is 0 Å². The predicted octanol–water partition coefficient (Wildman–Crippen LogP) is 5.64. The average Bonchev–Trinajstić information content (AvgIpc) is 2.77. The van der Waals surface area contributed by atoms with Crippen LogP contribution in [0.1, 0.15) is 5.69 Å². The molecule has 2 aromatic carbocycles. The van der Waals surface area contributed by atoms with Gasteiger partial charge in [0.05, 0.1) is 5.69 Å². The maximum Gasteiger partial charge on any atom is 0.155 e. The number of H-pyrrole nitrogens is 1. The van der Waals surface area contributed by atoms with E-state index in [1.165, 1.54) is 4.90 Å². The first-order chi connectivity index (χ1) is 9.67. The summed E-state index contributed by atoms with van der Waals surface area (Å²) in [6, 6.07) is 13.7. The molecule has 0 unspecified atom stereocenters. The van der Waals surface area contributed by atoms with Crippen molar-refractivity contribution in [2.24, 2.45) is 0 Å². The molecular weight excluding hydrogens is 290 g/mol. The Morgan fingerprint density at radius 3 is 2.55 bits per heavy atom. The van der Waals surface area contributed by atoms with E-state index in [1.807, 2.05) is 31.2 Å². The van der Waals surface area contributed by atoms with Crippen LogP contribution in [0.5, 0.6) is 11.5 Å². The highest BCUT2D eigenvalue weighted by atomic mass is 35.5. The largest absolute Gasteiger partial charge is 0.455 e. The lowest BCUT2D eigenvalue weighted by Gasteiger charge is -2.06. The fourth-order valence-electron chi connectivity index (χ4n) is 2.16. The molecule has 0 aliphatic rings. The van der Waals surface area contributed by atoms with Gasteiger partial charge >= 0.3 is 0 Å². The van der Waals surface area contributed by atoms with Gasteiger partial charge in [-0.3, -0.25) is 0 Å². The summed E-state index contributed by atoms with van der Waals surface area (Å²) in [6.45, 7) is 2.02. The summed E-state index contributed by atoms with van der Waals surface area (Å²) >= 11 is 7.62. The van der Waals surface area contributed by atoms with Gasteiger partial charge in [-0.05, 0) is 55.6 Å². The molecule has 2 nitrogen and oxygen atoms in total. The number of hydrogen-bond donors (Lipinski definition) is 1. The van der Waals surface area contributed by atoms with E-state index in [0.717, 1.165) is 28.1 Å². The second-order valence-electron chi connectivity index (χ2n) is 4.55. The lowest BCUT2D eigenvalue weighted by atomic mass is 10.2. The zero-order chi connectivity index (χ0) is 14.1. The second kappa shape index (κ2) is 5.43. The fourth-order valence-corrected chi connectivity index (χ4v) is 2.73. The van der Waals surface area contributed by atoms with Crippen LogP contribution in [0, 0.1) is 6.92 Å². The van der Waals surface area contributed by atoms with Crippen molar-refractivity contribution < 1.29 is 4.74 Å². The molecule has 3 rings (SSSR count). The van der Waals surface area contributed by atoms with Gasteiger partial charge in [0.15, 0.2) is 5.75 Å². The first-order valence-electron chi connectivity index (χ1n) is 6.27. The van der Waals surface area contributed by atoms with E-state index < -0.39 is 0 Å². The molecule has 1 heterocycles. The van der Waals surface area contributed by atoms with Crippen LogP contribution in [-0.4, -0.2) is 11.2 Å². The van der Waals surface area contributed by atoms with Crippen LogP contribution in [-0.2, 0) is 0 Å². The molecule has 1 N–H and O–H groups in total. The monoisotopic (exact) mass is 303 g/mol. The Morgan fingerprint density at radius 2 is 1.85 bits per heavy atom. The maximum atomic E-state index is 6.02. The smallest absolute Gasteiger partial charge is 0.155 e. The van der Waals surface area contributed by atoms with Gasteiger partial charge in [-0.15, -0.1) is 11.8 Å². The van der Waals surface area contributed by atoms with Crippen molar-refractivity contribution in [3.8, 4) is 11.5 Å². The molecule has 1 aromatic heterocycles. The third-order valence-electron chi connectivity index (χ3n) is 3.17. The van der Waals surface area contributed by atoms with Gasteiger partial charge < -0.3 is 9.72 Å². The normalized spacial score (nSPS) is 10.9. The van der Waals surface area contributed by atoms with Crippen molar-refractivity contribution in [3.05, 3.63) is 53.2 Å². The zero-order valence-corrected chi connectivity index (χ0v) is 12.8. The van der Waals surface area contributed by atoms with E-state index in [9.17, 15) is 0 Å². The quantitative estimate of drug-likeness (QED) is 0.633. The van der Waals surface area contributed by atoms with Crippen LogP contribution in [0.3, 0.4) is 0 Å². The van der Waals surface area contributed by atoms with Gasteiger partial charge in [-0.1, -0.05) is 11.6 Å². The molecule has 20 heavy (non-hydrogen) atoms. The minimum absolute atomic E-state index is 0.706. The number of halogens is 1. The molecule has 0 saturated heterocycles. The summed E-state index contributed by atoms with van der Waals surface area (Å²) in [5.41, 5.74) is 2.11. The number of aromatic amines is 1. The van der Waals surface area contributed by atoms with Crippen molar-refractivity contribution in [1.82, 2.24) is 4.98 Å². The van der Waals surface area contributed by atoms with Crippen LogP contribution in [0.2, 0.25) is 5.02 Å². The molecule has 0 spiro atoms. The van der Waals surface area contributed by atoms with Crippen molar-refractivity contribution in [2.75, 3.05) is 6.26 Å². The van der Waals surface area contributed by atoms with Crippen molar-refractivity contribution in [1.29, 1.82) is 0 Å². The first-order valence-corrected chi connectivity index (χ1v) is 7.87. The molecule has 0 atom stereocenters. The Morgan fingerprint density at radius 1 is 1.10 bits per heavy atom. The number of hydrogen-bond acceptors (Lipinski definition) is 2. The molecule has 0 aliphatic carbocycles. The van der Waals surface area contributed by atoms with E-state index in [1.54, 1.807) is 11.8 Å². The van der Waals surface area contributed by atoms with Crippen LogP contribution in [0.15, 0.2) is 47.4 Å². The number of rotatable bonds is 3. The fraction of sp³-hybridized carbons (Fsp3) is 0.125. The maximum absolute atomic E-state index is 6.02. The molecule has 0 saturated carbocycles. The number of ether oxygens (including phenoxy) is 1. The van der Waals surface area contributed by atoms with Crippen LogP contribution < -0.4 is 4.74 Å². The van der Waals surface area contributed by atoms with E-state index in [0.29, 0.717) is 5.02 Å². The molecule has 4 heteroatoms. The average molecular weight is 304 g/mol. The number of aromatic nitrogens is 1. The Hall–Kier alpha value is -1.58. The molecule has 0 amide bonds. The molecule has 3 aromatic rings. The van der Waals surface area contributed by atoms with Crippen LogP contribution in [0.25, 0.3) is 10.9 Å². The van der Waals surface area contributed by atoms with Gasteiger partial charge in [0.1, 0.15) is 5.75 Å². The minimum Gasteiger partial charge on any atom is -0.455 e. The van der Waals surface area contributed by atoms with Crippen LogP contribution >= 0.6 is 23.4 Å². The lowest BCUT2D eigenvalue weighted by Crippen LogP contribution is -1.85. The summed E-state index contributed by atoms with van der Waals surface area (Å²) in [7, 11) is 0. The Bertz CT molecular complexity index is 749. The van der Waals surface area contributed by atoms with Gasteiger partial charge in [-0.25, -0.2) is 0 Å². The summed E-state index contributed by atoms with van der Waals surface area (Å²) in [5, 5.41) is 1.81. The van der Waals surface area contributed by atoms with E-state index in [-0.39, 0.29) is 0 Å². The third kappa shape index (κ3) is 2.51.